The van der Waals surface area contributed by atoms with E-state index < -0.39 is 17.8 Å². The van der Waals surface area contributed by atoms with E-state index in [1.165, 1.54) is 12.3 Å². The van der Waals surface area contributed by atoms with E-state index >= 15 is 0 Å². The summed E-state index contributed by atoms with van der Waals surface area (Å²) in [6.45, 7) is 2.87. The van der Waals surface area contributed by atoms with Gasteiger partial charge in [-0.05, 0) is 29.7 Å². The molecule has 1 aliphatic heterocycles. The first-order chi connectivity index (χ1) is 20.5. The zero-order chi connectivity index (χ0) is 29.3. The number of hydrogen-bond acceptors (Lipinski definition) is 9. The molecule has 1 aliphatic rings. The monoisotopic (exact) mass is 571 g/mol. The minimum absolute atomic E-state index is 0.0598. The zero-order valence-electron chi connectivity index (χ0n) is 22.8. The van der Waals surface area contributed by atoms with Gasteiger partial charge in [0, 0.05) is 31.4 Å². The van der Waals surface area contributed by atoms with E-state index in [-0.39, 0.29) is 36.8 Å². The summed E-state index contributed by atoms with van der Waals surface area (Å²) in [5, 5.41) is 5.45. The van der Waals surface area contributed by atoms with E-state index in [4.69, 9.17) is 15.2 Å². The lowest BCUT2D eigenvalue weighted by atomic mass is 10.1. The number of nitrogen functional groups attached to an aromatic ring is 1. The Kier molecular flexibility index (Phi) is 9.14. The highest BCUT2D eigenvalue weighted by Crippen LogP contribution is 2.27. The molecule has 2 aromatic heterocycles. The van der Waals surface area contributed by atoms with Crippen LogP contribution in [0.3, 0.4) is 0 Å². The number of carbonyl (C=O) groups excluding carboxylic acids is 2. The topological polar surface area (TPSA) is 145 Å². The van der Waals surface area contributed by atoms with Gasteiger partial charge < -0.3 is 30.7 Å². The average molecular weight is 572 g/mol. The van der Waals surface area contributed by atoms with Crippen molar-refractivity contribution in [2.75, 3.05) is 48.8 Å². The number of aromatic nitrogens is 3. The molecule has 3 heterocycles. The number of ether oxygens (including phenoxy) is 2. The maximum atomic E-state index is 15.0. The molecule has 0 radical (unpaired) electrons. The first kappa shape index (κ1) is 28.4. The fourth-order valence-corrected chi connectivity index (χ4v) is 4.43. The van der Waals surface area contributed by atoms with Crippen LogP contribution >= 0.6 is 0 Å². The van der Waals surface area contributed by atoms with Crippen LogP contribution in [-0.2, 0) is 22.5 Å². The maximum absolute atomic E-state index is 15.0. The summed E-state index contributed by atoms with van der Waals surface area (Å²) < 4.78 is 25.6. The fourth-order valence-electron chi connectivity index (χ4n) is 4.43. The molecular formula is C30H30FN7O4. The molecule has 42 heavy (non-hydrogen) atoms. The lowest BCUT2D eigenvalue weighted by Gasteiger charge is -2.30. The number of amides is 2. The van der Waals surface area contributed by atoms with Gasteiger partial charge in [-0.1, -0.05) is 42.5 Å². The lowest BCUT2D eigenvalue weighted by Crippen LogP contribution is -2.36. The van der Waals surface area contributed by atoms with E-state index in [0.717, 1.165) is 11.3 Å². The number of nitrogens with zero attached hydrogens (tertiary/aromatic N) is 4. The molecule has 2 aromatic carbocycles. The Labute approximate surface area is 241 Å². The molecule has 216 valence electrons. The molecule has 0 atom stereocenters. The maximum Gasteiger partial charge on any atom is 0.407 e. The largest absolute Gasteiger partial charge is 0.445 e. The third-order valence-corrected chi connectivity index (χ3v) is 6.64. The second-order valence-corrected chi connectivity index (χ2v) is 9.48. The smallest absolute Gasteiger partial charge is 0.407 e. The first-order valence-electron chi connectivity index (χ1n) is 13.4. The number of benzene rings is 2. The molecule has 0 saturated carbocycles. The van der Waals surface area contributed by atoms with E-state index in [9.17, 15) is 14.0 Å². The molecule has 0 spiro atoms. The SMILES string of the molecule is Nc1ncc(-c2ccc(CCNC(=O)OCc3ccccc3)c(F)c2)nc1C(=O)Nc1cnccc1N1CCOCC1. The van der Waals surface area contributed by atoms with Gasteiger partial charge in [-0.25, -0.2) is 19.2 Å². The van der Waals surface area contributed by atoms with Gasteiger partial charge in [0.25, 0.3) is 5.91 Å². The molecule has 1 saturated heterocycles. The number of carbonyl (C=O) groups is 2. The van der Waals surface area contributed by atoms with Gasteiger partial charge in [-0.3, -0.25) is 9.78 Å². The van der Waals surface area contributed by atoms with Crippen molar-refractivity contribution >= 4 is 29.2 Å². The van der Waals surface area contributed by atoms with Crippen LogP contribution in [0.4, 0.5) is 26.4 Å². The van der Waals surface area contributed by atoms with Crippen molar-refractivity contribution in [1.82, 2.24) is 20.3 Å². The molecule has 5 rings (SSSR count). The number of anilines is 3. The molecule has 12 heteroatoms. The van der Waals surface area contributed by atoms with Crippen molar-refractivity contribution in [3.63, 3.8) is 0 Å². The fraction of sp³-hybridized carbons (Fsp3) is 0.233. The molecule has 11 nitrogen and oxygen atoms in total. The number of rotatable bonds is 9. The van der Waals surface area contributed by atoms with Crippen LogP contribution in [0.1, 0.15) is 21.6 Å². The van der Waals surface area contributed by atoms with Crippen LogP contribution in [0, 0.1) is 5.82 Å². The second kappa shape index (κ2) is 13.5. The number of pyridine rings is 1. The van der Waals surface area contributed by atoms with Crippen molar-refractivity contribution in [3.8, 4) is 11.3 Å². The third-order valence-electron chi connectivity index (χ3n) is 6.64. The number of nitrogens with two attached hydrogens (primary N) is 1. The molecule has 0 bridgehead atoms. The zero-order valence-corrected chi connectivity index (χ0v) is 22.8. The second-order valence-electron chi connectivity index (χ2n) is 9.48. The number of morpholine rings is 1. The summed E-state index contributed by atoms with van der Waals surface area (Å²) in [7, 11) is 0. The van der Waals surface area contributed by atoms with Crippen molar-refractivity contribution in [3.05, 3.63) is 95.8 Å². The number of alkyl carbamates (subject to hydrolysis) is 1. The van der Waals surface area contributed by atoms with Crippen LogP contribution in [0.15, 0.2) is 73.2 Å². The molecule has 0 unspecified atom stereocenters. The molecule has 0 aliphatic carbocycles. The first-order valence-corrected chi connectivity index (χ1v) is 13.4. The Balaban J connectivity index is 1.21. The summed E-state index contributed by atoms with van der Waals surface area (Å²) in [6, 6.07) is 15.7. The van der Waals surface area contributed by atoms with E-state index in [1.807, 2.05) is 36.4 Å². The van der Waals surface area contributed by atoms with Gasteiger partial charge in [0.15, 0.2) is 11.5 Å². The average Bonchev–Trinajstić information content (AvgIpc) is 3.02. The van der Waals surface area contributed by atoms with Crippen LogP contribution in [0.25, 0.3) is 11.3 Å². The van der Waals surface area contributed by atoms with Crippen molar-refractivity contribution < 1.29 is 23.5 Å². The minimum Gasteiger partial charge on any atom is -0.445 e. The summed E-state index contributed by atoms with van der Waals surface area (Å²) in [5.41, 5.74) is 9.18. The summed E-state index contributed by atoms with van der Waals surface area (Å²) in [5.74, 6) is -1.11. The van der Waals surface area contributed by atoms with Crippen molar-refractivity contribution in [1.29, 1.82) is 0 Å². The number of nitrogens with one attached hydrogen (secondary N) is 2. The Morgan fingerprint density at radius 2 is 1.88 bits per heavy atom. The van der Waals surface area contributed by atoms with Crippen LogP contribution in [-0.4, -0.2) is 59.8 Å². The van der Waals surface area contributed by atoms with E-state index in [2.05, 4.69) is 30.5 Å². The molecule has 1 fully saturated rings. The molecule has 2 amide bonds. The highest BCUT2D eigenvalue weighted by atomic mass is 19.1. The number of halogens is 1. The van der Waals surface area contributed by atoms with Crippen molar-refractivity contribution in [2.24, 2.45) is 0 Å². The number of hydrogen-bond donors (Lipinski definition) is 3. The predicted octanol–water partition coefficient (Wildman–Crippen LogP) is 3.82. The van der Waals surface area contributed by atoms with E-state index in [0.29, 0.717) is 43.1 Å². The molecule has 4 aromatic rings. The van der Waals surface area contributed by atoms with Gasteiger partial charge in [-0.15, -0.1) is 0 Å². The lowest BCUT2D eigenvalue weighted by molar-refractivity contribution is 0.102. The van der Waals surface area contributed by atoms with Gasteiger partial charge in [0.2, 0.25) is 0 Å². The Morgan fingerprint density at radius 3 is 2.67 bits per heavy atom. The highest BCUT2D eigenvalue weighted by Gasteiger charge is 2.20. The normalized spacial score (nSPS) is 12.9. The van der Waals surface area contributed by atoms with Gasteiger partial charge in [0.1, 0.15) is 12.4 Å². The van der Waals surface area contributed by atoms with Crippen molar-refractivity contribution in [2.45, 2.75) is 13.0 Å². The third kappa shape index (κ3) is 7.15. The Hall–Kier alpha value is -5.10. The van der Waals surface area contributed by atoms with Crippen LogP contribution in [0.5, 0.6) is 0 Å². The molecular weight excluding hydrogens is 541 g/mol. The highest BCUT2D eigenvalue weighted by molar-refractivity contribution is 6.07. The van der Waals surface area contributed by atoms with Gasteiger partial charge in [0.05, 0.1) is 42.7 Å². The molecule has 4 N–H and O–H groups in total. The van der Waals surface area contributed by atoms with Gasteiger partial charge in [-0.2, -0.15) is 0 Å². The van der Waals surface area contributed by atoms with Crippen LogP contribution < -0.4 is 21.3 Å². The van der Waals surface area contributed by atoms with E-state index in [1.54, 1.807) is 24.5 Å². The minimum atomic E-state index is -0.581. The standard InChI is InChI=1S/C30H30FN7O4/c31-23-16-22(7-6-21(23)8-11-34-30(40)42-19-20-4-2-1-3-5-20)24-18-35-28(32)27(36-24)29(39)37-25-17-33-10-9-26(25)38-12-14-41-15-13-38/h1-7,9-10,16-18H,8,11-15,19H2,(H2,32,35)(H,34,40)(H,37,39). The summed E-state index contributed by atoms with van der Waals surface area (Å²) in [6.07, 6.45) is 4.27. The predicted molar refractivity (Wildman–Crippen MR) is 155 cm³/mol. The van der Waals surface area contributed by atoms with Gasteiger partial charge >= 0.3 is 6.09 Å². The quantitative estimate of drug-likeness (QED) is 0.273. The Bertz CT molecular complexity index is 1550. The van der Waals surface area contributed by atoms with Crippen LogP contribution in [0.2, 0.25) is 0 Å². The Morgan fingerprint density at radius 1 is 1.07 bits per heavy atom. The summed E-state index contributed by atoms with van der Waals surface area (Å²) >= 11 is 0. The summed E-state index contributed by atoms with van der Waals surface area (Å²) in [4.78, 5) is 39.9.